The lowest BCUT2D eigenvalue weighted by molar-refractivity contribution is -0.124. The summed E-state index contributed by atoms with van der Waals surface area (Å²) >= 11 is 6.00. The minimum atomic E-state index is -0.867. The molecule has 0 spiro atoms. The number of nitrogens with zero attached hydrogens (tertiary/aromatic N) is 8. The first kappa shape index (κ1) is 91.4. The van der Waals surface area contributed by atoms with Crippen molar-refractivity contribution in [3.05, 3.63) is 209 Å². The molecule has 30 heteroatoms. The highest BCUT2D eigenvalue weighted by atomic mass is 32.1. The molecule has 4 heterocycles. The number of hydrogen-bond acceptors (Lipinski definition) is 22. The number of carbonyl (C=O) groups excluding carboxylic acids is 6. The molecule has 0 aliphatic carbocycles. The predicted octanol–water partition coefficient (Wildman–Crippen LogP) is 11.9. The lowest BCUT2D eigenvalue weighted by Crippen LogP contribution is -2.53. The van der Waals surface area contributed by atoms with Gasteiger partial charge >= 0.3 is 24.2 Å². The number of ether oxygens (including phenoxy) is 5. The summed E-state index contributed by atoms with van der Waals surface area (Å²) in [5.41, 5.74) is 9.25. The summed E-state index contributed by atoms with van der Waals surface area (Å²) < 4.78 is 27.0. The summed E-state index contributed by atoms with van der Waals surface area (Å²) in [5.74, 6) is 0.00238. The van der Waals surface area contributed by atoms with Gasteiger partial charge in [0.1, 0.15) is 25.3 Å². The Balaban J connectivity index is 0.000000313. The number of methoxy groups -OCH3 is 3. The molecule has 4 aromatic heterocycles. The average Bonchev–Trinajstić information content (AvgIpc) is 1.44. The molecule has 0 saturated heterocycles. The van der Waals surface area contributed by atoms with E-state index in [1.165, 1.54) is 27.6 Å². The molecule has 0 saturated carbocycles. The topological polar surface area (TPSA) is 306 Å². The van der Waals surface area contributed by atoms with E-state index in [4.69, 9.17) is 28.7 Å². The van der Waals surface area contributed by atoms with Gasteiger partial charge in [-0.05, 0) is 86.5 Å². The van der Waals surface area contributed by atoms with Crippen LogP contribution in [0.1, 0.15) is 131 Å². The van der Waals surface area contributed by atoms with Gasteiger partial charge in [0.2, 0.25) is 11.8 Å². The number of aliphatic hydroxyl groups excluding tert-OH is 1. The Morgan fingerprint density at radius 2 is 0.752 bits per heavy atom. The number of hydrogen-bond donors (Lipinski definition) is 7. The van der Waals surface area contributed by atoms with Crippen molar-refractivity contribution in [3.63, 3.8) is 0 Å². The van der Waals surface area contributed by atoms with E-state index in [0.29, 0.717) is 142 Å². The van der Waals surface area contributed by atoms with Crippen LogP contribution in [0.25, 0.3) is 0 Å². The van der Waals surface area contributed by atoms with Crippen LogP contribution in [0.15, 0.2) is 156 Å². The molecule has 4 aromatic carbocycles. The first-order valence-corrected chi connectivity index (χ1v) is 42.1. The second-order valence-corrected chi connectivity index (χ2v) is 32.2. The van der Waals surface area contributed by atoms with Gasteiger partial charge in [-0.15, -0.1) is 45.3 Å². The van der Waals surface area contributed by atoms with Gasteiger partial charge in [0.25, 0.3) is 0 Å². The van der Waals surface area contributed by atoms with Crippen LogP contribution in [-0.2, 0) is 85.3 Å². The smallest absolute Gasteiger partial charge is 0.407 e. The molecule has 6 atom stereocenters. The van der Waals surface area contributed by atoms with Crippen molar-refractivity contribution in [1.29, 1.82) is 0 Å². The Hall–Kier alpha value is -8.82. The normalized spacial score (nSPS) is 12.9. The zero-order valence-electron chi connectivity index (χ0n) is 66.7. The minimum absolute atomic E-state index is 0.0439. The Labute approximate surface area is 682 Å². The maximum Gasteiger partial charge on any atom is 0.407 e. The van der Waals surface area contributed by atoms with E-state index in [1.54, 1.807) is 86.4 Å². The van der Waals surface area contributed by atoms with Gasteiger partial charge in [0.05, 0.1) is 81.7 Å². The number of benzene rings is 4. The molecule has 0 bridgehead atoms. The van der Waals surface area contributed by atoms with Crippen LogP contribution in [0, 0.1) is 0 Å². The molecule has 0 aliphatic rings. The van der Waals surface area contributed by atoms with E-state index in [2.05, 4.69) is 79.4 Å². The first-order chi connectivity index (χ1) is 54.8. The number of aromatic nitrogens is 4. The van der Waals surface area contributed by atoms with Crippen LogP contribution >= 0.6 is 45.3 Å². The van der Waals surface area contributed by atoms with Gasteiger partial charge in [-0.3, -0.25) is 29.4 Å². The monoisotopic (exact) mass is 1630 g/mol. The Bertz CT molecular complexity index is 3940. The van der Waals surface area contributed by atoms with Gasteiger partial charge < -0.3 is 70.5 Å². The summed E-state index contributed by atoms with van der Waals surface area (Å²) in [7, 11) is 8.34. The molecule has 6 unspecified atom stereocenters. The number of rotatable bonds is 49. The second-order valence-electron chi connectivity index (χ2n) is 28.4. The van der Waals surface area contributed by atoms with E-state index in [-0.39, 0.29) is 67.8 Å². The maximum atomic E-state index is 14.4. The van der Waals surface area contributed by atoms with E-state index in [0.717, 1.165) is 53.4 Å². The van der Waals surface area contributed by atoms with E-state index in [9.17, 15) is 33.9 Å². The summed E-state index contributed by atoms with van der Waals surface area (Å²) in [4.78, 5) is 108. The fourth-order valence-electron chi connectivity index (χ4n) is 12.3. The number of thiazole rings is 4. The fraction of sp³-hybridized carbons (Fsp3) is 0.494. The van der Waals surface area contributed by atoms with Crippen molar-refractivity contribution in [2.24, 2.45) is 0 Å². The number of nitrogens with one attached hydrogen (secondary N) is 6. The molecule has 8 amide bonds. The molecule has 8 rings (SSSR count). The molecule has 7 N–H and O–H groups in total. The number of urea groups is 2. The van der Waals surface area contributed by atoms with E-state index >= 15 is 0 Å². The van der Waals surface area contributed by atoms with Gasteiger partial charge in [-0.25, -0.2) is 29.1 Å². The highest BCUT2D eigenvalue weighted by Crippen LogP contribution is 2.23. The van der Waals surface area contributed by atoms with E-state index < -0.39 is 30.3 Å². The van der Waals surface area contributed by atoms with Crippen molar-refractivity contribution in [2.45, 2.75) is 166 Å². The third-order valence-corrected chi connectivity index (χ3v) is 22.5. The molecular weight excluding hydrogens is 1510 g/mol. The van der Waals surface area contributed by atoms with Gasteiger partial charge in [0.15, 0.2) is 0 Å². The highest BCUT2D eigenvalue weighted by molar-refractivity contribution is 7.10. The maximum absolute atomic E-state index is 14.4. The molecule has 0 aliphatic heterocycles. The lowest BCUT2D eigenvalue weighted by Gasteiger charge is -2.29. The van der Waals surface area contributed by atoms with Crippen LogP contribution in [0.4, 0.5) is 19.2 Å². The number of amides is 8. The molecule has 614 valence electrons. The highest BCUT2D eigenvalue weighted by Gasteiger charge is 2.30. The summed E-state index contributed by atoms with van der Waals surface area (Å²) in [6.45, 7) is 14.0. The predicted molar refractivity (Wildman–Crippen MR) is 446 cm³/mol. The molecule has 0 radical (unpaired) electrons. The molecule has 0 fully saturated rings. The van der Waals surface area contributed by atoms with Crippen LogP contribution in [0.3, 0.4) is 0 Å². The zero-order chi connectivity index (χ0) is 81.0. The Morgan fingerprint density at radius 3 is 1.04 bits per heavy atom. The quantitative estimate of drug-likeness (QED) is 0.0186. The number of carbonyl (C=O) groups is 6. The zero-order valence-corrected chi connectivity index (χ0v) is 70.0. The van der Waals surface area contributed by atoms with Crippen molar-refractivity contribution in [2.75, 3.05) is 101 Å². The molecule has 26 nitrogen and oxygen atoms in total. The van der Waals surface area contributed by atoms with Crippen LogP contribution in [-0.4, -0.2) is 218 Å². The largest absolute Gasteiger partial charge is 0.444 e. The van der Waals surface area contributed by atoms with Crippen LogP contribution in [0.5, 0.6) is 0 Å². The van der Waals surface area contributed by atoms with Crippen LogP contribution in [0.2, 0.25) is 0 Å². The Kier molecular flexibility index (Phi) is 41.9. The number of aliphatic hydroxyl groups is 1. The van der Waals surface area contributed by atoms with Gasteiger partial charge in [-0.1, -0.05) is 149 Å². The second kappa shape index (κ2) is 51.8. The first-order valence-electron chi connectivity index (χ1n) is 38.6. The minimum Gasteiger partial charge on any atom is -0.444 e. The van der Waals surface area contributed by atoms with Crippen molar-refractivity contribution >= 4 is 81.4 Å². The summed E-state index contributed by atoms with van der Waals surface area (Å²) in [6, 6.07) is 36.2. The van der Waals surface area contributed by atoms with Gasteiger partial charge in [-0.2, -0.15) is 0 Å². The third kappa shape index (κ3) is 35.6. The lowest BCUT2D eigenvalue weighted by atomic mass is 9.95. The average molecular weight is 1630 g/mol. The van der Waals surface area contributed by atoms with E-state index in [1.807, 2.05) is 137 Å². The molecule has 8 aromatic rings. The molecular formula is C83H116N14O12S4. The van der Waals surface area contributed by atoms with Crippen LogP contribution < -0.4 is 31.9 Å². The SMILES string of the molecule is COCCN(CCO)CCC(NC(=O)N(C)Cc1csc(C(C)C)n1)C(=O)NC(CCC(Cc1ccccc1)NC(=O)OCc1cncs1)Cc1ccccc1.COCCN(CCOC)CCC(NC(=O)N(C)Cc1csc(C(C)C)n1)C(=O)NC(CCC(Cc1ccccc1)NC(=O)OCc1cncs1)Cc1ccccc1. The standard InChI is InChI=1S/C42H59N7O6S2.C41H57N7O6S2/c1-31(2)40-45-36(29-56-40)27-48(3)41(51)47-38(18-19-49(20-22-53-4)21-23-54-5)39(50)44-34(24-32-12-8-6-9-13-32)16-17-35(25-33-14-10-7-11-15-33)46-42(52)55-28-37-26-43-30-57-37;1-30(2)39-44-35(28-55-39)26-47(3)40(51)46-37(17-18-48(19-21-49)20-22-53-4)38(50)43-33(23-31-11-7-5-8-12-31)15-16-34(24-32-13-9-6-10-14-32)45-41(52)54-27-36-25-42-29-56-36/h6-15,26,29-31,34-35,38H,16-25,27-28H2,1-5H3,(H,44,50)(H,46,52)(H,47,51);5-14,25,28-30,33-34,37,49H,15-24,26-27H2,1-4H3,(H,43,50)(H,45,52)(H,46,51). The summed E-state index contributed by atoms with van der Waals surface area (Å²) in [5, 5.41) is 34.4. The molecule has 113 heavy (non-hydrogen) atoms. The summed E-state index contributed by atoms with van der Waals surface area (Å²) in [6.07, 6.45) is 7.51. The van der Waals surface area contributed by atoms with Crippen molar-refractivity contribution < 1.29 is 57.6 Å². The van der Waals surface area contributed by atoms with Crippen molar-refractivity contribution in [1.82, 2.24) is 71.4 Å². The number of alkyl carbamates (subject to hydrolysis) is 2. The van der Waals surface area contributed by atoms with Gasteiger partial charge in [0, 0.05) is 134 Å². The Morgan fingerprint density at radius 1 is 0.425 bits per heavy atom. The fourth-order valence-corrected chi connectivity index (χ4v) is 15.0. The third-order valence-electron chi connectivity index (χ3n) is 18.6. The van der Waals surface area contributed by atoms with Crippen molar-refractivity contribution in [3.8, 4) is 0 Å².